The van der Waals surface area contributed by atoms with Gasteiger partial charge in [-0.05, 0) is 36.2 Å². The summed E-state index contributed by atoms with van der Waals surface area (Å²) in [6.07, 6.45) is 9.51. The molecule has 0 bridgehead atoms. The van der Waals surface area contributed by atoms with Gasteiger partial charge < -0.3 is 11.5 Å². The van der Waals surface area contributed by atoms with Crippen molar-refractivity contribution in [3.63, 3.8) is 0 Å². The molecule has 0 aliphatic heterocycles. The Morgan fingerprint density at radius 3 is 2.48 bits per heavy atom. The van der Waals surface area contributed by atoms with Crippen molar-refractivity contribution >= 4 is 10.8 Å². The highest BCUT2D eigenvalue weighted by atomic mass is 14.8. The molecule has 3 heterocycles. The van der Waals surface area contributed by atoms with E-state index in [2.05, 4.69) is 15.0 Å². The van der Waals surface area contributed by atoms with Crippen LogP contribution in [0.4, 0.5) is 0 Å². The Labute approximate surface area is 123 Å². The van der Waals surface area contributed by atoms with E-state index >= 15 is 0 Å². The van der Waals surface area contributed by atoms with Gasteiger partial charge in [0.1, 0.15) is 0 Å². The highest BCUT2D eigenvalue weighted by Gasteiger charge is 2.19. The maximum absolute atomic E-state index is 6.33. The van der Waals surface area contributed by atoms with Crippen LogP contribution >= 0.6 is 0 Å². The van der Waals surface area contributed by atoms with Crippen molar-refractivity contribution in [2.24, 2.45) is 11.5 Å². The van der Waals surface area contributed by atoms with Gasteiger partial charge in [-0.3, -0.25) is 15.0 Å². The Hall–Kier alpha value is -2.37. The van der Waals surface area contributed by atoms with Gasteiger partial charge in [0.2, 0.25) is 0 Å². The lowest BCUT2D eigenvalue weighted by molar-refractivity contribution is 0.536. The number of aromatic nitrogens is 3. The predicted molar refractivity (Wildman–Crippen MR) is 82.4 cm³/mol. The Balaban J connectivity index is 1.88. The van der Waals surface area contributed by atoms with Gasteiger partial charge in [0.15, 0.2) is 0 Å². The van der Waals surface area contributed by atoms with Crippen molar-refractivity contribution in [3.05, 3.63) is 66.5 Å². The van der Waals surface area contributed by atoms with Crippen LogP contribution in [-0.2, 0) is 6.42 Å². The average molecular weight is 279 g/mol. The largest absolute Gasteiger partial charge is 0.326 e. The molecule has 21 heavy (non-hydrogen) atoms. The first-order valence-electron chi connectivity index (χ1n) is 6.84. The summed E-state index contributed by atoms with van der Waals surface area (Å²) in [5.74, 6) is 0. The van der Waals surface area contributed by atoms with E-state index in [1.54, 1.807) is 24.8 Å². The molecule has 0 spiro atoms. The lowest BCUT2D eigenvalue weighted by atomic mass is 9.96. The Bertz CT molecular complexity index is 724. The minimum atomic E-state index is -0.329. The molecule has 0 amide bonds. The Morgan fingerprint density at radius 2 is 1.67 bits per heavy atom. The molecule has 4 N–H and O–H groups in total. The third-order valence-corrected chi connectivity index (χ3v) is 3.59. The second-order valence-corrected chi connectivity index (χ2v) is 5.04. The number of pyridine rings is 3. The molecule has 2 atom stereocenters. The van der Waals surface area contributed by atoms with Crippen LogP contribution < -0.4 is 11.5 Å². The second-order valence-electron chi connectivity index (χ2n) is 5.04. The summed E-state index contributed by atoms with van der Waals surface area (Å²) < 4.78 is 0. The van der Waals surface area contributed by atoms with Crippen molar-refractivity contribution < 1.29 is 0 Å². The minimum Gasteiger partial charge on any atom is -0.326 e. The first-order chi connectivity index (χ1) is 10.3. The predicted octanol–water partition coefficient (Wildman–Crippen LogP) is 1.59. The van der Waals surface area contributed by atoms with Crippen LogP contribution in [0.25, 0.3) is 10.8 Å². The van der Waals surface area contributed by atoms with Crippen molar-refractivity contribution in [1.29, 1.82) is 0 Å². The summed E-state index contributed by atoms with van der Waals surface area (Å²) in [7, 11) is 0. The quantitative estimate of drug-likeness (QED) is 0.757. The van der Waals surface area contributed by atoms with Gasteiger partial charge in [0.25, 0.3) is 0 Å². The van der Waals surface area contributed by atoms with Crippen molar-refractivity contribution in [3.8, 4) is 0 Å². The highest BCUT2D eigenvalue weighted by molar-refractivity contribution is 5.83. The van der Waals surface area contributed by atoms with Crippen molar-refractivity contribution in [1.82, 2.24) is 15.0 Å². The lowest BCUT2D eigenvalue weighted by Crippen LogP contribution is -2.36. The van der Waals surface area contributed by atoms with Gasteiger partial charge in [0, 0.05) is 47.8 Å². The highest BCUT2D eigenvalue weighted by Crippen LogP contribution is 2.22. The van der Waals surface area contributed by atoms with Gasteiger partial charge in [-0.15, -0.1) is 0 Å². The molecule has 3 rings (SSSR count). The molecule has 106 valence electrons. The Kier molecular flexibility index (Phi) is 3.85. The molecule has 5 heteroatoms. The van der Waals surface area contributed by atoms with Gasteiger partial charge in [-0.1, -0.05) is 0 Å². The molecule has 0 aromatic carbocycles. The third kappa shape index (κ3) is 2.89. The molecule has 0 aliphatic carbocycles. The van der Waals surface area contributed by atoms with E-state index < -0.39 is 0 Å². The second kappa shape index (κ2) is 5.95. The molecule has 0 radical (unpaired) electrons. The smallest absolute Gasteiger partial charge is 0.0666 e. The van der Waals surface area contributed by atoms with Crippen LogP contribution in [0.15, 0.2) is 55.2 Å². The number of hydrogen-bond donors (Lipinski definition) is 2. The maximum Gasteiger partial charge on any atom is 0.0666 e. The molecular weight excluding hydrogens is 262 g/mol. The van der Waals surface area contributed by atoms with Gasteiger partial charge in [0.05, 0.1) is 11.7 Å². The maximum atomic E-state index is 6.33. The van der Waals surface area contributed by atoms with Crippen LogP contribution in [0.2, 0.25) is 0 Å². The fourth-order valence-electron chi connectivity index (χ4n) is 2.43. The topological polar surface area (TPSA) is 90.7 Å². The first-order valence-corrected chi connectivity index (χ1v) is 6.84. The van der Waals surface area contributed by atoms with E-state index in [9.17, 15) is 0 Å². The average Bonchev–Trinajstić information content (AvgIpc) is 2.54. The van der Waals surface area contributed by atoms with Gasteiger partial charge in [-0.2, -0.15) is 0 Å². The SMILES string of the molecule is NC(Cc1ccncc1)C(N)c1nccc2cnccc12. The fraction of sp³-hybridized carbons (Fsp3) is 0.188. The first kappa shape index (κ1) is 13.6. The summed E-state index contributed by atoms with van der Waals surface area (Å²) in [6, 6.07) is 7.21. The van der Waals surface area contributed by atoms with Crippen LogP contribution in [0.5, 0.6) is 0 Å². The minimum absolute atomic E-state index is 0.210. The van der Waals surface area contributed by atoms with Gasteiger partial charge in [-0.25, -0.2) is 0 Å². The summed E-state index contributed by atoms with van der Waals surface area (Å²) in [5, 5.41) is 2.03. The molecule has 3 aromatic rings. The van der Waals surface area contributed by atoms with Crippen molar-refractivity contribution in [2.45, 2.75) is 18.5 Å². The molecule has 0 fully saturated rings. The van der Waals surface area contributed by atoms with Gasteiger partial charge >= 0.3 is 0 Å². The molecule has 0 aliphatic rings. The number of fused-ring (bicyclic) bond motifs is 1. The summed E-state index contributed by atoms with van der Waals surface area (Å²) in [5.41, 5.74) is 14.5. The third-order valence-electron chi connectivity index (χ3n) is 3.59. The Morgan fingerprint density at radius 1 is 0.905 bits per heavy atom. The molecule has 3 aromatic heterocycles. The van der Waals surface area contributed by atoms with Crippen LogP contribution in [-0.4, -0.2) is 21.0 Å². The standard InChI is InChI=1S/C16H17N5/c17-14(9-11-1-5-19-6-2-11)15(18)16-13-4-7-20-10-12(13)3-8-21-16/h1-8,10,14-15H,9,17-18H2. The molecular formula is C16H17N5. The molecule has 0 saturated carbocycles. The van der Waals surface area contributed by atoms with Crippen molar-refractivity contribution in [2.75, 3.05) is 0 Å². The molecule has 0 saturated heterocycles. The number of nitrogens with two attached hydrogens (primary N) is 2. The molecule has 2 unspecified atom stereocenters. The lowest BCUT2D eigenvalue weighted by Gasteiger charge is -2.20. The zero-order valence-corrected chi connectivity index (χ0v) is 11.6. The number of hydrogen-bond acceptors (Lipinski definition) is 5. The van der Waals surface area contributed by atoms with E-state index in [1.807, 2.05) is 30.5 Å². The summed E-state index contributed by atoms with van der Waals surface area (Å²) in [6.45, 7) is 0. The number of rotatable bonds is 4. The van der Waals surface area contributed by atoms with E-state index in [-0.39, 0.29) is 12.1 Å². The van der Waals surface area contributed by atoms with Crippen LogP contribution in [0.1, 0.15) is 17.3 Å². The molecule has 5 nitrogen and oxygen atoms in total. The van der Waals surface area contributed by atoms with E-state index in [0.717, 1.165) is 22.0 Å². The van der Waals surface area contributed by atoms with E-state index in [0.29, 0.717) is 6.42 Å². The normalized spacial score (nSPS) is 14.0. The van der Waals surface area contributed by atoms with E-state index in [1.165, 1.54) is 0 Å². The zero-order valence-electron chi connectivity index (χ0n) is 11.6. The summed E-state index contributed by atoms with van der Waals surface area (Å²) >= 11 is 0. The summed E-state index contributed by atoms with van der Waals surface area (Å²) in [4.78, 5) is 12.5. The zero-order chi connectivity index (χ0) is 14.7. The van der Waals surface area contributed by atoms with Crippen LogP contribution in [0, 0.1) is 0 Å². The monoisotopic (exact) mass is 279 g/mol. The number of nitrogens with zero attached hydrogens (tertiary/aromatic N) is 3. The van der Waals surface area contributed by atoms with Crippen LogP contribution in [0.3, 0.4) is 0 Å². The van der Waals surface area contributed by atoms with E-state index in [4.69, 9.17) is 11.5 Å². The fourth-order valence-corrected chi connectivity index (χ4v) is 2.43.